The van der Waals surface area contributed by atoms with Gasteiger partial charge in [0.2, 0.25) is 0 Å². The van der Waals surface area contributed by atoms with E-state index in [2.05, 4.69) is 4.72 Å². The van der Waals surface area contributed by atoms with Crippen LogP contribution in [0, 0.1) is 0 Å². The van der Waals surface area contributed by atoms with Gasteiger partial charge in [-0.05, 0) is 81.8 Å². The molecule has 1 fully saturated rings. The van der Waals surface area contributed by atoms with Crippen LogP contribution in [-0.2, 0) is 45.0 Å². The van der Waals surface area contributed by atoms with Crippen LogP contribution >= 0.6 is 0 Å². The van der Waals surface area contributed by atoms with E-state index in [1.165, 1.54) is 11.8 Å². The van der Waals surface area contributed by atoms with Crippen LogP contribution in [0.1, 0.15) is 80.9 Å². The zero-order valence-corrected chi connectivity index (χ0v) is 29.1. The van der Waals surface area contributed by atoms with E-state index in [1.807, 2.05) is 0 Å². The van der Waals surface area contributed by atoms with Gasteiger partial charge in [0.15, 0.2) is 0 Å². The molecule has 0 aliphatic carbocycles. The molecule has 0 saturated carbocycles. The van der Waals surface area contributed by atoms with Crippen LogP contribution in [0.25, 0.3) is 0 Å². The highest BCUT2D eigenvalue weighted by atomic mass is 32.2. The van der Waals surface area contributed by atoms with Crippen LogP contribution in [0.4, 0.5) is 31.1 Å². The number of nitrogens with one attached hydrogen (secondary N) is 1. The number of benzene rings is 3. The number of carbonyl (C=O) groups excluding carboxylic acids is 1. The van der Waals surface area contributed by atoms with Crippen molar-refractivity contribution in [2.75, 3.05) is 19.8 Å². The summed E-state index contributed by atoms with van der Waals surface area (Å²) in [5.74, 6) is 0. The Hall–Kier alpha value is -3.46. The lowest BCUT2D eigenvalue weighted by Crippen LogP contribution is -2.67. The van der Waals surface area contributed by atoms with E-state index >= 15 is 0 Å². The van der Waals surface area contributed by atoms with Crippen molar-refractivity contribution in [3.05, 3.63) is 107 Å². The summed E-state index contributed by atoms with van der Waals surface area (Å²) in [6.45, 7) is 5.82. The van der Waals surface area contributed by atoms with Gasteiger partial charge >= 0.3 is 18.4 Å². The van der Waals surface area contributed by atoms with Crippen molar-refractivity contribution < 1.29 is 49.9 Å². The molecule has 3 aromatic rings. The van der Waals surface area contributed by atoms with Gasteiger partial charge in [-0.15, -0.1) is 0 Å². The maximum Gasteiger partial charge on any atom is 0.416 e. The average molecular weight is 729 g/mol. The van der Waals surface area contributed by atoms with E-state index in [-0.39, 0.29) is 57.3 Å². The first-order chi connectivity index (χ1) is 23.3. The van der Waals surface area contributed by atoms with Gasteiger partial charge in [-0.25, -0.2) is 13.7 Å². The molecule has 7 nitrogen and oxygen atoms in total. The lowest BCUT2D eigenvalue weighted by molar-refractivity contribution is -0.143. The number of aliphatic hydroxyl groups excluding tert-OH is 1. The molecule has 0 bridgehead atoms. The van der Waals surface area contributed by atoms with E-state index in [9.17, 15) is 40.5 Å². The highest BCUT2D eigenvalue weighted by Gasteiger charge is 2.53. The molecule has 14 heteroatoms. The van der Waals surface area contributed by atoms with Crippen LogP contribution in [-0.4, -0.2) is 50.4 Å². The monoisotopic (exact) mass is 728 g/mol. The summed E-state index contributed by atoms with van der Waals surface area (Å²) in [6, 6.07) is 18.9. The third kappa shape index (κ3) is 9.45. The SMILES string of the molecule is C[C@@H](OC[C@@]1(c2ccccc2)CC[C@](CCO)(NS(=O)C(C)(C)C)CN1C(=O)OCc1ccccc1)c1cc(C(F)(F)F)cc(C(F)(F)F)c1. The predicted molar refractivity (Wildman–Crippen MR) is 177 cm³/mol. The van der Waals surface area contributed by atoms with Crippen molar-refractivity contribution in [1.82, 2.24) is 9.62 Å². The number of hydrogen-bond donors (Lipinski definition) is 2. The summed E-state index contributed by atoms with van der Waals surface area (Å²) >= 11 is 0. The van der Waals surface area contributed by atoms with Gasteiger partial charge in [0, 0.05) is 13.2 Å². The van der Waals surface area contributed by atoms with Crippen LogP contribution in [0.5, 0.6) is 0 Å². The molecule has 1 heterocycles. The Morgan fingerprint density at radius 1 is 0.920 bits per heavy atom. The van der Waals surface area contributed by atoms with Crippen molar-refractivity contribution >= 4 is 17.1 Å². The van der Waals surface area contributed by atoms with Crippen molar-refractivity contribution in [2.45, 2.75) is 87.8 Å². The fourth-order valence-corrected chi connectivity index (χ4v) is 6.88. The van der Waals surface area contributed by atoms with Crippen molar-refractivity contribution in [3.8, 4) is 0 Å². The normalized spacial score (nSPS) is 21.5. The van der Waals surface area contributed by atoms with Gasteiger partial charge in [0.05, 0.1) is 50.6 Å². The molecular weight excluding hydrogens is 686 g/mol. The fraction of sp³-hybridized carbons (Fsp3) is 0.472. The molecule has 4 atom stereocenters. The van der Waals surface area contributed by atoms with Gasteiger partial charge in [-0.2, -0.15) is 26.3 Å². The van der Waals surface area contributed by atoms with E-state index in [1.54, 1.807) is 81.4 Å². The zero-order chi connectivity index (χ0) is 37.0. The highest BCUT2D eigenvalue weighted by Crippen LogP contribution is 2.45. The maximum absolute atomic E-state index is 14.2. The molecule has 0 aromatic heterocycles. The van der Waals surface area contributed by atoms with Crippen LogP contribution in [0.2, 0.25) is 0 Å². The third-order valence-corrected chi connectivity index (χ3v) is 10.6. The number of nitrogens with zero attached hydrogens (tertiary/aromatic N) is 1. The molecule has 1 unspecified atom stereocenters. The van der Waals surface area contributed by atoms with Crippen molar-refractivity contribution in [1.29, 1.82) is 0 Å². The first kappa shape index (κ1) is 39.3. The molecule has 0 spiro atoms. The second-order valence-electron chi connectivity index (χ2n) is 13.6. The zero-order valence-electron chi connectivity index (χ0n) is 28.2. The fourth-order valence-electron chi connectivity index (χ4n) is 5.91. The molecule has 1 aliphatic rings. The molecule has 1 aliphatic heterocycles. The van der Waals surface area contributed by atoms with E-state index in [0.29, 0.717) is 23.3 Å². The topological polar surface area (TPSA) is 88.1 Å². The number of piperidine rings is 1. The summed E-state index contributed by atoms with van der Waals surface area (Å²) in [5, 5.41) is 10.1. The lowest BCUT2D eigenvalue weighted by Gasteiger charge is -2.54. The molecular formula is C36H42F6N2O5S. The Labute approximate surface area is 290 Å². The Kier molecular flexibility index (Phi) is 12.1. The second kappa shape index (κ2) is 15.4. The minimum absolute atomic E-state index is 0.0581. The van der Waals surface area contributed by atoms with Gasteiger partial charge in [-0.1, -0.05) is 60.7 Å². The quantitative estimate of drug-likeness (QED) is 0.194. The Bertz CT molecular complexity index is 1580. The molecule has 50 heavy (non-hydrogen) atoms. The van der Waals surface area contributed by atoms with Gasteiger partial charge in [-0.3, -0.25) is 4.90 Å². The molecule has 1 saturated heterocycles. The van der Waals surface area contributed by atoms with E-state index in [4.69, 9.17) is 9.47 Å². The van der Waals surface area contributed by atoms with E-state index < -0.39 is 62.5 Å². The number of halogens is 6. The smallest absolute Gasteiger partial charge is 0.416 e. The Morgan fingerprint density at radius 2 is 1.48 bits per heavy atom. The average Bonchev–Trinajstić information content (AvgIpc) is 3.06. The molecule has 2 N–H and O–H groups in total. The number of likely N-dealkylation sites (tertiary alicyclic amines) is 1. The number of alkyl halides is 6. The first-order valence-electron chi connectivity index (χ1n) is 16.1. The lowest BCUT2D eigenvalue weighted by atomic mass is 9.74. The largest absolute Gasteiger partial charge is 0.445 e. The Morgan fingerprint density at radius 3 is 2.00 bits per heavy atom. The molecule has 274 valence electrons. The van der Waals surface area contributed by atoms with Crippen LogP contribution in [0.3, 0.4) is 0 Å². The highest BCUT2D eigenvalue weighted by molar-refractivity contribution is 7.84. The summed E-state index contributed by atoms with van der Waals surface area (Å²) in [6.07, 6.45) is -11.6. The predicted octanol–water partition coefficient (Wildman–Crippen LogP) is 8.30. The van der Waals surface area contributed by atoms with Gasteiger partial charge < -0.3 is 14.6 Å². The third-order valence-electron chi connectivity index (χ3n) is 8.84. The summed E-state index contributed by atoms with van der Waals surface area (Å²) in [4.78, 5) is 15.6. The summed E-state index contributed by atoms with van der Waals surface area (Å²) in [7, 11) is -1.62. The minimum Gasteiger partial charge on any atom is -0.445 e. The van der Waals surface area contributed by atoms with Gasteiger partial charge in [0.25, 0.3) is 0 Å². The van der Waals surface area contributed by atoms with Crippen molar-refractivity contribution in [3.63, 3.8) is 0 Å². The second-order valence-corrected chi connectivity index (χ2v) is 15.5. The molecule has 0 radical (unpaired) electrons. The number of rotatable bonds is 11. The Balaban J connectivity index is 1.78. The van der Waals surface area contributed by atoms with Crippen LogP contribution in [0.15, 0.2) is 78.9 Å². The summed E-state index contributed by atoms with van der Waals surface area (Å²) < 4.78 is 110. The maximum atomic E-state index is 14.2. The molecule has 4 rings (SSSR count). The van der Waals surface area contributed by atoms with Crippen molar-refractivity contribution in [2.24, 2.45) is 0 Å². The number of ether oxygens (including phenoxy) is 2. The molecule has 1 amide bonds. The first-order valence-corrected chi connectivity index (χ1v) is 17.2. The standard InChI is InChI=1S/C36H42F6N2O5S/c1-25(27-19-29(35(37,38)39)21-30(20-27)36(40,41)42)49-24-34(28-13-9-6-10-14-28)16-15-33(17-18-45,43-50(47)32(2,3)4)23-44(34)31(46)48-22-26-11-7-5-8-12-26/h5-14,19-21,25,43,45H,15-18,22-24H2,1-4H3/t25-,33-,34-,50?/m1/s1. The molecule has 3 aromatic carbocycles. The number of aliphatic hydroxyl groups is 1. The van der Waals surface area contributed by atoms with Gasteiger partial charge in [0.1, 0.15) is 6.61 Å². The summed E-state index contributed by atoms with van der Waals surface area (Å²) in [5.41, 5.74) is -4.38. The van der Waals surface area contributed by atoms with Crippen LogP contribution < -0.4 is 4.72 Å². The number of hydrogen-bond acceptors (Lipinski definition) is 5. The van der Waals surface area contributed by atoms with E-state index in [0.717, 1.165) is 0 Å². The minimum atomic E-state index is -5.04. The number of carbonyl (C=O) groups is 1. The number of amides is 1.